The largest absolute Gasteiger partial charge is 0.458 e. The van der Waals surface area contributed by atoms with Crippen LogP contribution in [0.25, 0.3) is 0 Å². The predicted molar refractivity (Wildman–Crippen MR) is 186 cm³/mol. The van der Waals surface area contributed by atoms with Crippen molar-refractivity contribution in [1.29, 1.82) is 0 Å². The highest BCUT2D eigenvalue weighted by atomic mass is 16.6. The minimum absolute atomic E-state index is 0.00651. The summed E-state index contributed by atoms with van der Waals surface area (Å²) < 4.78 is 35.9. The number of ether oxygens (including phenoxy) is 6. The summed E-state index contributed by atoms with van der Waals surface area (Å²) in [5, 5.41) is 12.7. The molecule has 286 valence electrons. The highest BCUT2D eigenvalue weighted by Gasteiger charge is 2.69. The molecule has 1 saturated carbocycles. The number of Topliss-reactive ketones (excluding diaryl/α,β-unsaturated/α-hetero) is 1. The number of carbonyl (C=O) groups excluding carboxylic acids is 6. The standard InChI is InChI=1S/C39H52O13/c1-21(2)19-47-30-23(4)31(51-36(45)28-15-13-12-14-16-28)32(48-24(5)40)35(50-26(7)42)37(9,10)18-17-22(3)33(44)39(46)20-38(11,52-27(8)43)34(29(30)39)49-25(6)41/h12-18,21-22,29-32,34-35,46H,4,19-20H2,1-3,5-11H3/b18-17+/t22-,29-,30-,31-,32+,34+,35+,38+,39+/m0/s1. The van der Waals surface area contributed by atoms with Gasteiger partial charge in [-0.1, -0.05) is 71.5 Å². The van der Waals surface area contributed by atoms with Crippen molar-refractivity contribution in [1.82, 2.24) is 0 Å². The lowest BCUT2D eigenvalue weighted by Crippen LogP contribution is -2.58. The average Bonchev–Trinajstić information content (AvgIpc) is 3.24. The summed E-state index contributed by atoms with van der Waals surface area (Å²) in [6.07, 6.45) is -5.01. The average molecular weight is 729 g/mol. The maximum absolute atomic E-state index is 14.6. The van der Waals surface area contributed by atoms with Crippen molar-refractivity contribution in [2.24, 2.45) is 23.2 Å². The lowest BCUT2D eigenvalue weighted by Gasteiger charge is -2.44. The van der Waals surface area contributed by atoms with Crippen molar-refractivity contribution in [2.75, 3.05) is 6.61 Å². The molecule has 13 heteroatoms. The number of aliphatic hydroxyl groups is 1. The van der Waals surface area contributed by atoms with Crippen molar-refractivity contribution in [2.45, 2.75) is 117 Å². The van der Waals surface area contributed by atoms with E-state index in [0.717, 1.165) is 20.8 Å². The summed E-state index contributed by atoms with van der Waals surface area (Å²) >= 11 is 0. The first kappa shape index (κ1) is 42.1. The van der Waals surface area contributed by atoms with Crippen LogP contribution in [-0.2, 0) is 52.4 Å². The maximum Gasteiger partial charge on any atom is 0.338 e. The molecule has 1 fully saturated rings. The Morgan fingerprint density at radius 2 is 1.40 bits per heavy atom. The molecule has 0 amide bonds. The van der Waals surface area contributed by atoms with E-state index in [2.05, 4.69) is 6.58 Å². The molecular weight excluding hydrogens is 676 g/mol. The van der Waals surface area contributed by atoms with Crippen LogP contribution < -0.4 is 0 Å². The van der Waals surface area contributed by atoms with Gasteiger partial charge in [0.25, 0.3) is 0 Å². The first-order valence-corrected chi connectivity index (χ1v) is 17.3. The van der Waals surface area contributed by atoms with Crippen molar-refractivity contribution < 1.29 is 62.3 Å². The number of benzene rings is 1. The van der Waals surface area contributed by atoms with Crippen LogP contribution in [0.15, 0.2) is 54.6 Å². The number of esters is 5. The molecule has 2 aliphatic carbocycles. The van der Waals surface area contributed by atoms with Gasteiger partial charge in [0.1, 0.15) is 17.3 Å². The second-order valence-electron chi connectivity index (χ2n) is 14.9. The normalized spacial score (nSPS) is 32.3. The van der Waals surface area contributed by atoms with Gasteiger partial charge in [-0.3, -0.25) is 24.0 Å². The van der Waals surface area contributed by atoms with Crippen LogP contribution in [0.5, 0.6) is 0 Å². The first-order chi connectivity index (χ1) is 24.0. The van der Waals surface area contributed by atoms with Gasteiger partial charge in [0.05, 0.1) is 17.6 Å². The van der Waals surface area contributed by atoms with Gasteiger partial charge in [-0.15, -0.1) is 0 Å². The lowest BCUT2D eigenvalue weighted by molar-refractivity contribution is -0.188. The fourth-order valence-corrected chi connectivity index (χ4v) is 7.12. The Labute approximate surface area is 305 Å². The van der Waals surface area contributed by atoms with Crippen LogP contribution >= 0.6 is 0 Å². The Balaban J connectivity index is 2.50. The van der Waals surface area contributed by atoms with Gasteiger partial charge in [0.15, 0.2) is 24.1 Å². The zero-order chi connectivity index (χ0) is 39.3. The summed E-state index contributed by atoms with van der Waals surface area (Å²) in [5.74, 6) is -7.42. The SMILES string of the molecule is C=C1[C@H](OC(=O)c2ccccc2)[C@@H](OC(C)=O)[C@@H](OC(C)=O)C(C)(C)/C=C/[C@H](C)C(=O)[C@@]2(O)C[C@@](C)(OC(C)=O)[C@H](OC(C)=O)[C@@H]2[C@H]1OCC(C)C. The van der Waals surface area contributed by atoms with E-state index in [1.165, 1.54) is 32.1 Å². The van der Waals surface area contributed by atoms with E-state index >= 15 is 0 Å². The van der Waals surface area contributed by atoms with Crippen molar-refractivity contribution in [3.63, 3.8) is 0 Å². The Morgan fingerprint density at radius 3 is 1.92 bits per heavy atom. The van der Waals surface area contributed by atoms with E-state index in [4.69, 9.17) is 28.4 Å². The Bertz CT molecular complexity index is 1560. The van der Waals surface area contributed by atoms with Crippen molar-refractivity contribution in [3.05, 3.63) is 60.2 Å². The number of allylic oxidation sites excluding steroid dienone is 1. The number of hydrogen-bond donors (Lipinski definition) is 1. The second-order valence-corrected chi connectivity index (χ2v) is 14.9. The molecule has 9 atom stereocenters. The molecular formula is C39H52O13. The summed E-state index contributed by atoms with van der Waals surface area (Å²) in [6, 6.07) is 7.93. The van der Waals surface area contributed by atoms with E-state index in [1.54, 1.807) is 45.0 Å². The summed E-state index contributed by atoms with van der Waals surface area (Å²) in [7, 11) is 0. The van der Waals surface area contributed by atoms with Gasteiger partial charge in [0, 0.05) is 52.1 Å². The van der Waals surface area contributed by atoms with Crippen molar-refractivity contribution >= 4 is 35.6 Å². The molecule has 1 aromatic rings. The van der Waals surface area contributed by atoms with Crippen LogP contribution in [0, 0.1) is 23.2 Å². The summed E-state index contributed by atoms with van der Waals surface area (Å²) in [4.78, 5) is 79.2. The zero-order valence-electron chi connectivity index (χ0n) is 31.6. The number of hydrogen-bond acceptors (Lipinski definition) is 13. The van der Waals surface area contributed by atoms with E-state index < -0.39 is 101 Å². The fourth-order valence-electron chi connectivity index (χ4n) is 7.12. The van der Waals surface area contributed by atoms with E-state index in [9.17, 15) is 33.9 Å². The summed E-state index contributed by atoms with van der Waals surface area (Å²) in [5.41, 5.74) is -5.38. The molecule has 0 aliphatic heterocycles. The smallest absolute Gasteiger partial charge is 0.338 e. The van der Waals surface area contributed by atoms with Gasteiger partial charge in [-0.05, 0) is 30.5 Å². The molecule has 0 spiro atoms. The van der Waals surface area contributed by atoms with Gasteiger partial charge >= 0.3 is 29.8 Å². The van der Waals surface area contributed by atoms with Crippen LogP contribution in [0.3, 0.4) is 0 Å². The molecule has 0 radical (unpaired) electrons. The fraction of sp³-hybridized carbons (Fsp3) is 0.590. The molecule has 2 aliphatic rings. The molecule has 52 heavy (non-hydrogen) atoms. The van der Waals surface area contributed by atoms with Gasteiger partial charge in [-0.25, -0.2) is 4.79 Å². The van der Waals surface area contributed by atoms with Gasteiger partial charge < -0.3 is 33.5 Å². The predicted octanol–water partition coefficient (Wildman–Crippen LogP) is 4.48. The molecule has 3 rings (SSSR count). The van der Waals surface area contributed by atoms with Crippen LogP contribution in [0.1, 0.15) is 86.0 Å². The third-order valence-electron chi connectivity index (χ3n) is 9.26. The molecule has 13 nitrogen and oxygen atoms in total. The Hall–Kier alpha value is -4.36. The Kier molecular flexibility index (Phi) is 13.4. The van der Waals surface area contributed by atoms with Crippen LogP contribution in [0.4, 0.5) is 0 Å². The third kappa shape index (κ3) is 9.54. The molecule has 1 aromatic carbocycles. The molecule has 0 aromatic heterocycles. The number of carbonyl (C=O) groups is 6. The van der Waals surface area contributed by atoms with Crippen molar-refractivity contribution in [3.8, 4) is 0 Å². The van der Waals surface area contributed by atoms with E-state index in [0.29, 0.717) is 0 Å². The highest BCUT2D eigenvalue weighted by Crippen LogP contribution is 2.52. The highest BCUT2D eigenvalue weighted by molar-refractivity contribution is 5.92. The molecule has 0 saturated heterocycles. The number of fused-ring (bicyclic) bond motifs is 1. The summed E-state index contributed by atoms with van der Waals surface area (Å²) in [6.45, 7) is 18.9. The molecule has 0 unspecified atom stereocenters. The van der Waals surface area contributed by atoms with Gasteiger partial charge in [0.2, 0.25) is 0 Å². The van der Waals surface area contributed by atoms with Crippen LogP contribution in [-0.4, -0.2) is 89.1 Å². The number of ketones is 1. The Morgan fingerprint density at radius 1 is 0.846 bits per heavy atom. The molecule has 0 heterocycles. The monoisotopic (exact) mass is 728 g/mol. The maximum atomic E-state index is 14.6. The topological polar surface area (TPSA) is 178 Å². The minimum atomic E-state index is -2.40. The first-order valence-electron chi connectivity index (χ1n) is 17.3. The van der Waals surface area contributed by atoms with Crippen LogP contribution in [0.2, 0.25) is 0 Å². The van der Waals surface area contributed by atoms with E-state index in [-0.39, 0.29) is 23.7 Å². The van der Waals surface area contributed by atoms with Gasteiger partial charge in [-0.2, -0.15) is 0 Å². The number of rotatable bonds is 9. The second kappa shape index (κ2) is 16.5. The molecule has 1 N–H and O–H groups in total. The third-order valence-corrected chi connectivity index (χ3v) is 9.26. The minimum Gasteiger partial charge on any atom is -0.458 e. The zero-order valence-corrected chi connectivity index (χ0v) is 31.6. The lowest BCUT2D eigenvalue weighted by atomic mass is 9.72. The molecule has 0 bridgehead atoms. The van der Waals surface area contributed by atoms with E-state index in [1.807, 2.05) is 13.8 Å². The quantitative estimate of drug-likeness (QED) is 0.214.